The van der Waals surface area contributed by atoms with Crippen molar-refractivity contribution in [2.24, 2.45) is 0 Å². The number of amides is 2. The van der Waals surface area contributed by atoms with Gasteiger partial charge in [-0.2, -0.15) is 0 Å². The number of thiophene rings is 1. The van der Waals surface area contributed by atoms with Crippen LogP contribution in [0.15, 0.2) is 40.2 Å². The predicted molar refractivity (Wildman–Crippen MR) is 109 cm³/mol. The van der Waals surface area contributed by atoms with Gasteiger partial charge >= 0.3 is 0 Å². The molecule has 2 amide bonds. The molecule has 0 aliphatic heterocycles. The second kappa shape index (κ2) is 8.55. The van der Waals surface area contributed by atoms with E-state index in [0.29, 0.717) is 17.1 Å². The van der Waals surface area contributed by atoms with E-state index in [1.807, 2.05) is 0 Å². The molecule has 26 heavy (non-hydrogen) atoms. The average Bonchev–Trinajstić information content (AvgIpc) is 3.32. The van der Waals surface area contributed by atoms with Crippen LogP contribution in [0.2, 0.25) is 5.02 Å². The molecular weight excluding hydrogens is 436 g/mol. The molecule has 0 radical (unpaired) electrons. The first-order valence-corrected chi connectivity index (χ1v) is 10.6. The summed E-state index contributed by atoms with van der Waals surface area (Å²) in [7, 11) is 0. The van der Waals surface area contributed by atoms with Crippen molar-refractivity contribution in [2.45, 2.75) is 31.1 Å². The highest BCUT2D eigenvalue weighted by Crippen LogP contribution is 2.42. The molecular formula is C19H20BrClN2O2S. The molecule has 4 nitrogen and oxygen atoms in total. The lowest BCUT2D eigenvalue weighted by atomic mass is 9.84. The summed E-state index contributed by atoms with van der Waals surface area (Å²) < 4.78 is 0.760. The summed E-state index contributed by atoms with van der Waals surface area (Å²) in [5, 5.41) is 8.07. The maximum atomic E-state index is 12.2. The SMILES string of the molecule is O=C(CNC(=O)c1cc(Br)ccc1Cl)NCC1(c2cccs2)CCCC1. The summed E-state index contributed by atoms with van der Waals surface area (Å²) in [6, 6.07) is 9.26. The molecule has 1 saturated carbocycles. The van der Waals surface area contributed by atoms with Crippen molar-refractivity contribution in [3.63, 3.8) is 0 Å². The maximum Gasteiger partial charge on any atom is 0.253 e. The minimum Gasteiger partial charge on any atom is -0.354 e. The molecule has 1 aromatic heterocycles. The van der Waals surface area contributed by atoms with Gasteiger partial charge in [0, 0.05) is 21.3 Å². The number of hydrogen-bond donors (Lipinski definition) is 2. The number of benzene rings is 1. The highest BCUT2D eigenvalue weighted by Gasteiger charge is 2.36. The van der Waals surface area contributed by atoms with E-state index in [1.165, 1.54) is 17.7 Å². The summed E-state index contributed by atoms with van der Waals surface area (Å²) in [5.41, 5.74) is 0.390. The van der Waals surface area contributed by atoms with Gasteiger partial charge in [0.05, 0.1) is 17.1 Å². The summed E-state index contributed by atoms with van der Waals surface area (Å²) in [6.45, 7) is 0.544. The first-order valence-electron chi connectivity index (χ1n) is 8.54. The van der Waals surface area contributed by atoms with E-state index in [1.54, 1.807) is 29.5 Å². The van der Waals surface area contributed by atoms with E-state index in [4.69, 9.17) is 11.6 Å². The largest absolute Gasteiger partial charge is 0.354 e. The third kappa shape index (κ3) is 4.48. The van der Waals surface area contributed by atoms with E-state index in [9.17, 15) is 9.59 Å². The number of carbonyl (C=O) groups excluding carboxylic acids is 2. The zero-order chi connectivity index (χ0) is 18.6. The highest BCUT2D eigenvalue weighted by molar-refractivity contribution is 9.10. The third-order valence-corrected chi connectivity index (χ3v) is 6.75. The quantitative estimate of drug-likeness (QED) is 0.673. The van der Waals surface area contributed by atoms with Crippen molar-refractivity contribution >= 4 is 50.7 Å². The van der Waals surface area contributed by atoms with Crippen LogP contribution in [0.1, 0.15) is 40.9 Å². The van der Waals surface area contributed by atoms with Gasteiger partial charge in [0.1, 0.15) is 0 Å². The van der Waals surface area contributed by atoms with Gasteiger partial charge < -0.3 is 10.6 Å². The van der Waals surface area contributed by atoms with Crippen LogP contribution in [0.4, 0.5) is 0 Å². The van der Waals surface area contributed by atoms with Crippen molar-refractivity contribution in [2.75, 3.05) is 13.1 Å². The molecule has 0 unspecified atom stereocenters. The topological polar surface area (TPSA) is 58.2 Å². The normalized spacial score (nSPS) is 15.6. The molecule has 7 heteroatoms. The van der Waals surface area contributed by atoms with Crippen molar-refractivity contribution in [1.29, 1.82) is 0 Å². The maximum absolute atomic E-state index is 12.2. The van der Waals surface area contributed by atoms with E-state index in [-0.39, 0.29) is 23.8 Å². The molecule has 138 valence electrons. The van der Waals surface area contributed by atoms with Crippen molar-refractivity contribution in [3.8, 4) is 0 Å². The second-order valence-corrected chi connectivity index (χ2v) is 8.82. The van der Waals surface area contributed by atoms with E-state index < -0.39 is 0 Å². The molecule has 3 rings (SSSR count). The predicted octanol–water partition coefficient (Wildman–Crippen LogP) is 4.52. The van der Waals surface area contributed by atoms with E-state index in [0.717, 1.165) is 17.3 Å². The summed E-state index contributed by atoms with van der Waals surface area (Å²) >= 11 is 11.1. The Morgan fingerprint density at radius 1 is 1.19 bits per heavy atom. The molecule has 1 aliphatic carbocycles. The number of hydrogen-bond acceptors (Lipinski definition) is 3. The standard InChI is InChI=1S/C19H20BrClN2O2S/c20-13-5-6-15(21)14(10-13)18(25)22-11-17(24)23-12-19(7-1-2-8-19)16-4-3-9-26-16/h3-6,9-10H,1-2,7-8,11-12H2,(H,22,25)(H,23,24). The van der Waals surface area contributed by atoms with Gasteiger partial charge in [0.2, 0.25) is 5.91 Å². The van der Waals surface area contributed by atoms with Crippen LogP contribution in [0.25, 0.3) is 0 Å². The Morgan fingerprint density at radius 2 is 1.96 bits per heavy atom. The summed E-state index contributed by atoms with van der Waals surface area (Å²) in [6.07, 6.45) is 4.55. The van der Waals surface area contributed by atoms with E-state index in [2.05, 4.69) is 44.1 Å². The van der Waals surface area contributed by atoms with Crippen LogP contribution in [-0.4, -0.2) is 24.9 Å². The van der Waals surface area contributed by atoms with Gasteiger partial charge in [-0.05, 0) is 42.5 Å². The lowest BCUT2D eigenvalue weighted by Crippen LogP contribution is -2.43. The fraction of sp³-hybridized carbons (Fsp3) is 0.368. The van der Waals surface area contributed by atoms with Crippen LogP contribution < -0.4 is 10.6 Å². The molecule has 1 aliphatic rings. The Kier molecular flexibility index (Phi) is 6.37. The molecule has 1 heterocycles. The van der Waals surface area contributed by atoms with Gasteiger partial charge in [-0.1, -0.05) is 46.4 Å². The van der Waals surface area contributed by atoms with Crippen molar-refractivity contribution < 1.29 is 9.59 Å². The Hall–Kier alpha value is -1.37. The third-order valence-electron chi connectivity index (χ3n) is 4.81. The lowest BCUT2D eigenvalue weighted by Gasteiger charge is -2.28. The Labute approximate surface area is 170 Å². The molecule has 2 N–H and O–H groups in total. The lowest BCUT2D eigenvalue weighted by molar-refractivity contribution is -0.120. The van der Waals surface area contributed by atoms with Crippen LogP contribution in [0.3, 0.4) is 0 Å². The molecule has 2 aromatic rings. The van der Waals surface area contributed by atoms with Gasteiger partial charge in [0.25, 0.3) is 5.91 Å². The van der Waals surface area contributed by atoms with Crippen LogP contribution in [0.5, 0.6) is 0 Å². The number of carbonyl (C=O) groups is 2. The molecule has 0 atom stereocenters. The average molecular weight is 456 g/mol. The first kappa shape index (κ1) is 19.4. The first-order chi connectivity index (χ1) is 12.5. The fourth-order valence-corrected chi connectivity index (χ4v) is 4.95. The number of halogens is 2. The van der Waals surface area contributed by atoms with Gasteiger partial charge in [-0.3, -0.25) is 9.59 Å². The smallest absolute Gasteiger partial charge is 0.253 e. The van der Waals surface area contributed by atoms with Gasteiger partial charge in [0.15, 0.2) is 0 Å². The molecule has 0 bridgehead atoms. The number of rotatable bonds is 6. The van der Waals surface area contributed by atoms with Gasteiger partial charge in [-0.15, -0.1) is 11.3 Å². The molecule has 0 saturated heterocycles. The fourth-order valence-electron chi connectivity index (χ4n) is 3.40. The zero-order valence-corrected chi connectivity index (χ0v) is 17.3. The summed E-state index contributed by atoms with van der Waals surface area (Å²) in [5.74, 6) is -0.549. The summed E-state index contributed by atoms with van der Waals surface area (Å²) in [4.78, 5) is 25.8. The Balaban J connectivity index is 1.54. The van der Waals surface area contributed by atoms with Crippen LogP contribution >= 0.6 is 38.9 Å². The van der Waals surface area contributed by atoms with Gasteiger partial charge in [-0.25, -0.2) is 0 Å². The van der Waals surface area contributed by atoms with E-state index >= 15 is 0 Å². The Morgan fingerprint density at radius 3 is 2.65 bits per heavy atom. The number of nitrogens with one attached hydrogen (secondary N) is 2. The van der Waals surface area contributed by atoms with Crippen molar-refractivity contribution in [1.82, 2.24) is 10.6 Å². The highest BCUT2D eigenvalue weighted by atomic mass is 79.9. The van der Waals surface area contributed by atoms with Crippen LogP contribution in [-0.2, 0) is 10.2 Å². The molecule has 1 aromatic carbocycles. The molecule has 0 spiro atoms. The monoisotopic (exact) mass is 454 g/mol. The van der Waals surface area contributed by atoms with Crippen LogP contribution in [0, 0.1) is 0 Å². The second-order valence-electron chi connectivity index (χ2n) is 6.55. The minimum atomic E-state index is -0.361. The zero-order valence-electron chi connectivity index (χ0n) is 14.2. The van der Waals surface area contributed by atoms with Crippen molar-refractivity contribution in [3.05, 3.63) is 55.6 Å². The Bertz CT molecular complexity index is 789. The minimum absolute atomic E-state index is 0.0431. The molecule has 1 fully saturated rings.